The minimum absolute atomic E-state index is 0.0661. The quantitative estimate of drug-likeness (QED) is 0.695. The fourth-order valence-electron chi connectivity index (χ4n) is 2.45. The summed E-state index contributed by atoms with van der Waals surface area (Å²) < 4.78 is 0. The average molecular weight is 309 g/mol. The fourth-order valence-corrected chi connectivity index (χ4v) is 3.09. The molecule has 6 heteroatoms. The van der Waals surface area contributed by atoms with Gasteiger partial charge in [0, 0.05) is 30.0 Å². The summed E-state index contributed by atoms with van der Waals surface area (Å²) in [5.74, 6) is 0.489. The zero-order valence-electron chi connectivity index (χ0n) is 12.4. The van der Waals surface area contributed by atoms with E-state index >= 15 is 0 Å². The highest BCUT2D eigenvalue weighted by Crippen LogP contribution is 2.10. The van der Waals surface area contributed by atoms with E-state index in [4.69, 9.17) is 0 Å². The molecule has 2 amide bonds. The molecule has 0 bridgehead atoms. The van der Waals surface area contributed by atoms with Gasteiger partial charge in [-0.3, -0.25) is 9.59 Å². The van der Waals surface area contributed by atoms with Crippen molar-refractivity contribution in [3.8, 4) is 0 Å². The molecule has 3 N–H and O–H groups in total. The molecule has 1 aromatic heterocycles. The van der Waals surface area contributed by atoms with Crippen molar-refractivity contribution in [3.05, 3.63) is 22.4 Å². The lowest BCUT2D eigenvalue weighted by molar-refractivity contribution is -0.122. The molecule has 0 aromatic carbocycles. The van der Waals surface area contributed by atoms with Gasteiger partial charge in [-0.15, -0.1) is 0 Å². The topological polar surface area (TPSA) is 70.2 Å². The van der Waals surface area contributed by atoms with E-state index in [0.29, 0.717) is 30.9 Å². The highest BCUT2D eigenvalue weighted by Gasteiger charge is 2.22. The third-order valence-electron chi connectivity index (χ3n) is 3.78. The van der Waals surface area contributed by atoms with E-state index in [1.54, 1.807) is 6.07 Å². The molecule has 0 aliphatic carbocycles. The summed E-state index contributed by atoms with van der Waals surface area (Å²) >= 11 is 1.50. The number of hydrogen-bond donors (Lipinski definition) is 3. The molecule has 2 atom stereocenters. The van der Waals surface area contributed by atoms with E-state index in [-0.39, 0.29) is 17.9 Å². The number of rotatable bonds is 6. The van der Waals surface area contributed by atoms with Crippen molar-refractivity contribution in [2.24, 2.45) is 5.92 Å². The van der Waals surface area contributed by atoms with Crippen LogP contribution < -0.4 is 16.0 Å². The number of carbonyl (C=O) groups excluding carboxylic acids is 2. The van der Waals surface area contributed by atoms with Gasteiger partial charge in [0.1, 0.15) is 0 Å². The lowest BCUT2D eigenvalue weighted by atomic mass is 9.95. The van der Waals surface area contributed by atoms with Crippen LogP contribution in [0.2, 0.25) is 0 Å². The van der Waals surface area contributed by atoms with Gasteiger partial charge in [0.05, 0.1) is 0 Å². The maximum Gasteiger partial charge on any atom is 0.252 e. The molecule has 0 radical (unpaired) electrons. The smallest absolute Gasteiger partial charge is 0.252 e. The summed E-state index contributed by atoms with van der Waals surface area (Å²) in [6.07, 6.45) is 2.11. The van der Waals surface area contributed by atoms with Crippen molar-refractivity contribution in [1.82, 2.24) is 16.0 Å². The Kier molecular flexibility index (Phi) is 6.20. The summed E-state index contributed by atoms with van der Waals surface area (Å²) in [4.78, 5) is 23.6. The first kappa shape index (κ1) is 16.0. The highest BCUT2D eigenvalue weighted by molar-refractivity contribution is 7.08. The first-order valence-electron chi connectivity index (χ1n) is 7.47. The Morgan fingerprint density at radius 1 is 1.48 bits per heavy atom. The van der Waals surface area contributed by atoms with Gasteiger partial charge in [0.2, 0.25) is 5.91 Å². The number of thiophene rings is 1. The number of hydrogen-bond acceptors (Lipinski definition) is 4. The van der Waals surface area contributed by atoms with E-state index in [1.807, 2.05) is 10.8 Å². The fraction of sp³-hybridized carbons (Fsp3) is 0.600. The van der Waals surface area contributed by atoms with Crippen LogP contribution >= 0.6 is 11.3 Å². The first-order valence-corrected chi connectivity index (χ1v) is 8.41. The Hall–Kier alpha value is -1.40. The maximum absolute atomic E-state index is 11.9. The Bertz CT molecular complexity index is 461. The molecule has 116 valence electrons. The van der Waals surface area contributed by atoms with E-state index < -0.39 is 0 Å². The minimum atomic E-state index is -0.0661. The molecular formula is C15H23N3O2S. The van der Waals surface area contributed by atoms with Gasteiger partial charge >= 0.3 is 0 Å². The maximum atomic E-state index is 11.9. The summed E-state index contributed by atoms with van der Waals surface area (Å²) in [7, 11) is 0. The first-order chi connectivity index (χ1) is 10.2. The summed E-state index contributed by atoms with van der Waals surface area (Å²) in [6.45, 7) is 4.61. The summed E-state index contributed by atoms with van der Waals surface area (Å²) in [5, 5.41) is 12.9. The zero-order valence-corrected chi connectivity index (χ0v) is 13.2. The standard InChI is InChI=1S/C15H23N3O2S/c1-11-9-16-7-4-13(11)18-14(19)3-2-6-17-15(20)12-5-8-21-10-12/h5,8,10-11,13,16H,2-4,6-7,9H2,1H3,(H,17,20)(H,18,19). The average Bonchev–Trinajstić information content (AvgIpc) is 3.00. The molecule has 0 spiro atoms. The Morgan fingerprint density at radius 3 is 3.05 bits per heavy atom. The van der Waals surface area contributed by atoms with Gasteiger partial charge in [0.25, 0.3) is 5.91 Å². The lowest BCUT2D eigenvalue weighted by Gasteiger charge is -2.30. The summed E-state index contributed by atoms with van der Waals surface area (Å²) in [6, 6.07) is 2.07. The molecule has 2 unspecified atom stereocenters. The van der Waals surface area contributed by atoms with Crippen molar-refractivity contribution in [1.29, 1.82) is 0 Å². The molecular weight excluding hydrogens is 286 g/mol. The lowest BCUT2D eigenvalue weighted by Crippen LogP contribution is -2.48. The van der Waals surface area contributed by atoms with Gasteiger partial charge < -0.3 is 16.0 Å². The third kappa shape index (κ3) is 5.13. The molecule has 21 heavy (non-hydrogen) atoms. The molecule has 1 aromatic rings. The SMILES string of the molecule is CC1CNCCC1NC(=O)CCCNC(=O)c1ccsc1. The molecule has 1 fully saturated rings. The number of piperidine rings is 1. The zero-order chi connectivity index (χ0) is 15.1. The van der Waals surface area contributed by atoms with Gasteiger partial charge in [-0.25, -0.2) is 0 Å². The van der Waals surface area contributed by atoms with Crippen LogP contribution in [0, 0.1) is 5.92 Å². The van der Waals surface area contributed by atoms with Crippen LogP contribution in [0.5, 0.6) is 0 Å². The van der Waals surface area contributed by atoms with Crippen molar-refractivity contribution < 1.29 is 9.59 Å². The van der Waals surface area contributed by atoms with E-state index in [9.17, 15) is 9.59 Å². The predicted octanol–water partition coefficient (Wildman–Crippen LogP) is 1.37. The van der Waals surface area contributed by atoms with Crippen molar-refractivity contribution in [2.75, 3.05) is 19.6 Å². The molecule has 0 saturated carbocycles. The van der Waals surface area contributed by atoms with Crippen LogP contribution in [0.15, 0.2) is 16.8 Å². The van der Waals surface area contributed by atoms with Gasteiger partial charge in [-0.05, 0) is 43.3 Å². The van der Waals surface area contributed by atoms with E-state index in [0.717, 1.165) is 19.5 Å². The Morgan fingerprint density at radius 2 is 2.33 bits per heavy atom. The van der Waals surface area contributed by atoms with Crippen LogP contribution in [0.4, 0.5) is 0 Å². The van der Waals surface area contributed by atoms with Crippen LogP contribution in [0.3, 0.4) is 0 Å². The second-order valence-electron chi connectivity index (χ2n) is 5.52. The minimum Gasteiger partial charge on any atom is -0.353 e. The Labute approximate surface area is 129 Å². The third-order valence-corrected chi connectivity index (χ3v) is 4.46. The number of amides is 2. The van der Waals surface area contributed by atoms with Gasteiger partial charge in [-0.2, -0.15) is 11.3 Å². The normalized spacial score (nSPS) is 21.8. The van der Waals surface area contributed by atoms with Crippen LogP contribution in [-0.2, 0) is 4.79 Å². The number of carbonyl (C=O) groups is 2. The van der Waals surface area contributed by atoms with Crippen molar-refractivity contribution in [3.63, 3.8) is 0 Å². The second-order valence-corrected chi connectivity index (χ2v) is 6.30. The number of nitrogens with one attached hydrogen (secondary N) is 3. The van der Waals surface area contributed by atoms with Crippen LogP contribution in [0.1, 0.15) is 36.5 Å². The predicted molar refractivity (Wildman–Crippen MR) is 84.5 cm³/mol. The van der Waals surface area contributed by atoms with Crippen molar-refractivity contribution in [2.45, 2.75) is 32.2 Å². The molecule has 1 saturated heterocycles. The summed E-state index contributed by atoms with van der Waals surface area (Å²) in [5.41, 5.74) is 0.688. The van der Waals surface area contributed by atoms with E-state index in [1.165, 1.54) is 11.3 Å². The van der Waals surface area contributed by atoms with E-state index in [2.05, 4.69) is 22.9 Å². The molecule has 2 heterocycles. The van der Waals surface area contributed by atoms with Gasteiger partial charge in [0.15, 0.2) is 0 Å². The Balaban J connectivity index is 1.60. The molecule has 5 nitrogen and oxygen atoms in total. The van der Waals surface area contributed by atoms with Crippen molar-refractivity contribution >= 4 is 23.2 Å². The largest absolute Gasteiger partial charge is 0.353 e. The highest BCUT2D eigenvalue weighted by atomic mass is 32.1. The van der Waals surface area contributed by atoms with Crippen LogP contribution in [-0.4, -0.2) is 37.5 Å². The van der Waals surface area contributed by atoms with Crippen LogP contribution in [0.25, 0.3) is 0 Å². The molecule has 1 aliphatic rings. The molecule has 1 aliphatic heterocycles. The molecule has 2 rings (SSSR count). The second kappa shape index (κ2) is 8.14. The monoisotopic (exact) mass is 309 g/mol. The van der Waals surface area contributed by atoms with Gasteiger partial charge in [-0.1, -0.05) is 6.92 Å².